The number of halogens is 2. The van der Waals surface area contributed by atoms with Gasteiger partial charge in [-0.25, -0.2) is 4.79 Å². The first kappa shape index (κ1) is 15.5. The maximum atomic E-state index is 12.2. The second kappa shape index (κ2) is 6.28. The Morgan fingerprint density at radius 2 is 1.76 bits per heavy atom. The van der Waals surface area contributed by atoms with Gasteiger partial charge in [-0.3, -0.25) is 4.79 Å². The number of nitrogens with one attached hydrogen (secondary N) is 1. The van der Waals surface area contributed by atoms with E-state index in [2.05, 4.69) is 37.2 Å². The molecule has 2 aromatic carbocycles. The summed E-state index contributed by atoms with van der Waals surface area (Å²) >= 11 is 6.52. The van der Waals surface area contributed by atoms with Crippen molar-refractivity contribution < 1.29 is 14.7 Å². The third-order valence-corrected chi connectivity index (χ3v) is 4.05. The van der Waals surface area contributed by atoms with E-state index in [1.807, 2.05) is 0 Å². The zero-order chi connectivity index (χ0) is 15.6. The number of anilines is 2. The Morgan fingerprint density at radius 1 is 1.05 bits per heavy atom. The standard InChI is InChI=1S/C14H10Br2N2O3/c15-10-3-2-8(17)6-9(10)13(19)18-12-4-1-7(14(20)21)5-11(12)16/h1-6H,17H2,(H,18,19)(H,20,21). The molecule has 0 fully saturated rings. The predicted octanol–water partition coefficient (Wildman–Crippen LogP) is 3.74. The van der Waals surface area contributed by atoms with E-state index >= 15 is 0 Å². The molecule has 0 heterocycles. The molecule has 2 aromatic rings. The van der Waals surface area contributed by atoms with Crippen LogP contribution < -0.4 is 11.1 Å². The van der Waals surface area contributed by atoms with E-state index < -0.39 is 5.97 Å². The fourth-order valence-electron chi connectivity index (χ4n) is 1.66. The topological polar surface area (TPSA) is 92.4 Å². The van der Waals surface area contributed by atoms with Crippen molar-refractivity contribution in [3.05, 3.63) is 56.5 Å². The Morgan fingerprint density at radius 3 is 2.38 bits per heavy atom. The average Bonchev–Trinajstić information content (AvgIpc) is 2.43. The molecule has 0 saturated heterocycles. The Hall–Kier alpha value is -1.86. The van der Waals surface area contributed by atoms with Gasteiger partial charge in [0.15, 0.2) is 0 Å². The number of carboxylic acid groups (broad SMARTS) is 1. The normalized spacial score (nSPS) is 10.2. The second-order valence-electron chi connectivity index (χ2n) is 4.19. The number of carbonyl (C=O) groups is 2. The summed E-state index contributed by atoms with van der Waals surface area (Å²) < 4.78 is 1.10. The maximum absolute atomic E-state index is 12.2. The van der Waals surface area contributed by atoms with Crippen LogP contribution in [0.3, 0.4) is 0 Å². The number of hydrogen-bond donors (Lipinski definition) is 3. The van der Waals surface area contributed by atoms with Crippen molar-refractivity contribution in [3.8, 4) is 0 Å². The van der Waals surface area contributed by atoms with Gasteiger partial charge in [-0.2, -0.15) is 0 Å². The molecule has 0 radical (unpaired) electrons. The summed E-state index contributed by atoms with van der Waals surface area (Å²) in [7, 11) is 0. The highest BCUT2D eigenvalue weighted by atomic mass is 79.9. The van der Waals surface area contributed by atoms with Gasteiger partial charge in [0.25, 0.3) is 5.91 Å². The van der Waals surface area contributed by atoms with Crippen LogP contribution in [-0.4, -0.2) is 17.0 Å². The van der Waals surface area contributed by atoms with E-state index in [1.165, 1.54) is 18.2 Å². The minimum Gasteiger partial charge on any atom is -0.478 e. The third kappa shape index (κ3) is 3.62. The Bertz CT molecular complexity index is 732. The maximum Gasteiger partial charge on any atom is 0.335 e. The molecule has 1 amide bonds. The molecule has 0 saturated carbocycles. The van der Waals surface area contributed by atoms with Gasteiger partial charge < -0.3 is 16.2 Å². The molecule has 0 aliphatic heterocycles. The molecule has 0 bridgehead atoms. The molecule has 7 heteroatoms. The minimum atomic E-state index is -1.04. The first-order valence-electron chi connectivity index (χ1n) is 5.77. The van der Waals surface area contributed by atoms with Gasteiger partial charge in [0, 0.05) is 14.6 Å². The molecule has 0 unspecified atom stereocenters. The van der Waals surface area contributed by atoms with E-state index in [1.54, 1.807) is 18.2 Å². The van der Waals surface area contributed by atoms with Gasteiger partial charge in [-0.15, -0.1) is 0 Å². The summed E-state index contributed by atoms with van der Waals surface area (Å²) in [6.45, 7) is 0. The highest BCUT2D eigenvalue weighted by molar-refractivity contribution is 9.11. The lowest BCUT2D eigenvalue weighted by Gasteiger charge is -2.10. The van der Waals surface area contributed by atoms with Crippen molar-refractivity contribution in [2.75, 3.05) is 11.1 Å². The fraction of sp³-hybridized carbons (Fsp3) is 0. The van der Waals surface area contributed by atoms with E-state index in [-0.39, 0.29) is 11.5 Å². The summed E-state index contributed by atoms with van der Waals surface area (Å²) in [5.41, 5.74) is 7.14. The van der Waals surface area contributed by atoms with E-state index in [9.17, 15) is 9.59 Å². The van der Waals surface area contributed by atoms with Gasteiger partial charge in [-0.05, 0) is 68.3 Å². The largest absolute Gasteiger partial charge is 0.478 e. The van der Waals surface area contributed by atoms with Crippen molar-refractivity contribution in [3.63, 3.8) is 0 Å². The van der Waals surface area contributed by atoms with Gasteiger partial charge in [0.1, 0.15) is 0 Å². The zero-order valence-corrected chi connectivity index (χ0v) is 13.7. The third-order valence-electron chi connectivity index (χ3n) is 2.70. The van der Waals surface area contributed by atoms with Crippen LogP contribution in [0, 0.1) is 0 Å². The number of nitrogens with two attached hydrogens (primary N) is 1. The van der Waals surface area contributed by atoms with Crippen LogP contribution >= 0.6 is 31.9 Å². The molecule has 108 valence electrons. The number of rotatable bonds is 3. The molecule has 0 aliphatic carbocycles. The summed E-state index contributed by atoms with van der Waals surface area (Å²) in [6, 6.07) is 9.28. The molecule has 0 atom stereocenters. The quantitative estimate of drug-likeness (QED) is 0.668. The molecular formula is C14H10Br2N2O3. The first-order valence-corrected chi connectivity index (χ1v) is 7.36. The molecule has 0 aliphatic rings. The average molecular weight is 414 g/mol. The smallest absolute Gasteiger partial charge is 0.335 e. The van der Waals surface area contributed by atoms with E-state index in [0.29, 0.717) is 25.9 Å². The summed E-state index contributed by atoms with van der Waals surface area (Å²) in [6.07, 6.45) is 0. The molecule has 4 N–H and O–H groups in total. The lowest BCUT2D eigenvalue weighted by Crippen LogP contribution is -2.13. The van der Waals surface area contributed by atoms with Crippen molar-refractivity contribution in [2.45, 2.75) is 0 Å². The number of amides is 1. The molecule has 5 nitrogen and oxygen atoms in total. The highest BCUT2D eigenvalue weighted by Crippen LogP contribution is 2.26. The summed E-state index contributed by atoms with van der Waals surface area (Å²) in [5, 5.41) is 11.6. The van der Waals surface area contributed by atoms with Crippen LogP contribution in [0.5, 0.6) is 0 Å². The molecule has 0 spiro atoms. The number of nitrogen functional groups attached to an aromatic ring is 1. The number of benzene rings is 2. The lowest BCUT2D eigenvalue weighted by atomic mass is 10.1. The molecule has 2 rings (SSSR count). The van der Waals surface area contributed by atoms with Crippen molar-refractivity contribution in [1.29, 1.82) is 0 Å². The Labute approximate surface area is 137 Å². The molecule has 21 heavy (non-hydrogen) atoms. The van der Waals surface area contributed by atoms with Gasteiger partial charge in [0.05, 0.1) is 16.8 Å². The van der Waals surface area contributed by atoms with Crippen molar-refractivity contribution >= 4 is 55.1 Å². The summed E-state index contributed by atoms with van der Waals surface area (Å²) in [4.78, 5) is 23.1. The highest BCUT2D eigenvalue weighted by Gasteiger charge is 2.13. The van der Waals surface area contributed by atoms with Gasteiger partial charge >= 0.3 is 5.97 Å². The number of aromatic carboxylic acids is 1. The van der Waals surface area contributed by atoms with Crippen LogP contribution in [0.25, 0.3) is 0 Å². The van der Waals surface area contributed by atoms with Crippen LogP contribution in [0.4, 0.5) is 11.4 Å². The van der Waals surface area contributed by atoms with Crippen molar-refractivity contribution in [1.82, 2.24) is 0 Å². The van der Waals surface area contributed by atoms with Crippen molar-refractivity contribution in [2.24, 2.45) is 0 Å². The zero-order valence-electron chi connectivity index (χ0n) is 10.6. The number of carboxylic acids is 1. The Balaban J connectivity index is 2.27. The molecular weight excluding hydrogens is 404 g/mol. The Kier molecular flexibility index (Phi) is 4.64. The first-order chi connectivity index (χ1) is 9.88. The van der Waals surface area contributed by atoms with E-state index in [0.717, 1.165) is 0 Å². The predicted molar refractivity (Wildman–Crippen MR) is 87.6 cm³/mol. The lowest BCUT2D eigenvalue weighted by molar-refractivity contribution is 0.0696. The second-order valence-corrected chi connectivity index (χ2v) is 5.90. The molecule has 0 aromatic heterocycles. The monoisotopic (exact) mass is 412 g/mol. The fourth-order valence-corrected chi connectivity index (χ4v) is 2.56. The van der Waals surface area contributed by atoms with Gasteiger partial charge in [0.2, 0.25) is 0 Å². The SMILES string of the molecule is Nc1ccc(Br)c(C(=O)Nc2ccc(C(=O)O)cc2Br)c1. The minimum absolute atomic E-state index is 0.130. The van der Waals surface area contributed by atoms with Crippen LogP contribution in [-0.2, 0) is 0 Å². The van der Waals surface area contributed by atoms with Crippen LogP contribution in [0.1, 0.15) is 20.7 Å². The number of carbonyl (C=O) groups excluding carboxylic acids is 1. The number of hydrogen-bond acceptors (Lipinski definition) is 3. The summed E-state index contributed by atoms with van der Waals surface area (Å²) in [5.74, 6) is -1.38. The van der Waals surface area contributed by atoms with Crippen LogP contribution in [0.2, 0.25) is 0 Å². The van der Waals surface area contributed by atoms with Crippen LogP contribution in [0.15, 0.2) is 45.3 Å². The van der Waals surface area contributed by atoms with E-state index in [4.69, 9.17) is 10.8 Å². The van der Waals surface area contributed by atoms with Gasteiger partial charge in [-0.1, -0.05) is 0 Å².